The third-order valence-corrected chi connectivity index (χ3v) is 7.14. The van der Waals surface area contributed by atoms with E-state index in [1.165, 1.54) is 0 Å². The molecular weight excluding hydrogens is 410 g/mol. The summed E-state index contributed by atoms with van der Waals surface area (Å²) in [5.74, 6) is 0.218. The van der Waals surface area contributed by atoms with Crippen LogP contribution in [0.1, 0.15) is 27.5 Å². The first kappa shape index (κ1) is 19.5. The van der Waals surface area contributed by atoms with Crippen molar-refractivity contribution in [3.63, 3.8) is 0 Å². The third-order valence-electron chi connectivity index (χ3n) is 7.14. The van der Waals surface area contributed by atoms with Crippen molar-refractivity contribution in [2.75, 3.05) is 20.8 Å². The molecule has 3 unspecified atom stereocenters. The molecule has 7 nitrogen and oxygen atoms in total. The zero-order valence-corrected chi connectivity index (χ0v) is 17.8. The second kappa shape index (κ2) is 7.18. The van der Waals surface area contributed by atoms with E-state index in [9.17, 15) is 9.59 Å². The summed E-state index contributed by atoms with van der Waals surface area (Å²) in [4.78, 5) is 29.4. The molecule has 0 amide bonds. The molecule has 4 heterocycles. The van der Waals surface area contributed by atoms with Crippen LogP contribution in [0.5, 0.6) is 11.5 Å². The minimum Gasteiger partial charge on any atom is -0.493 e. The summed E-state index contributed by atoms with van der Waals surface area (Å²) in [5.41, 5.74) is 2.63. The number of carbonyl (C=O) groups excluding carboxylic acids is 2. The van der Waals surface area contributed by atoms with Crippen LogP contribution in [-0.4, -0.2) is 55.7 Å². The van der Waals surface area contributed by atoms with Crippen molar-refractivity contribution in [2.24, 2.45) is 11.8 Å². The molecule has 0 aromatic heterocycles. The van der Waals surface area contributed by atoms with Crippen LogP contribution in [0.25, 0.3) is 6.08 Å². The number of methoxy groups -OCH3 is 2. The Kier molecular flexibility index (Phi) is 4.38. The standard InChI is InChI=1S/C25H23NO6/c1-29-16-8-7-14(11-17(16)30-2)23(27)22-19-18-12-31-25(32-18)24(28)20(19)21-15-6-4-3-5-13(15)9-10-26(21)22/h3-11,18-22,25H,12H2,1-2H3/t18?,19-,20+,21-,22?,25?/m0/s1. The summed E-state index contributed by atoms with van der Waals surface area (Å²) >= 11 is 0. The van der Waals surface area contributed by atoms with Crippen LogP contribution in [0, 0.1) is 11.8 Å². The van der Waals surface area contributed by atoms with Crippen LogP contribution < -0.4 is 9.47 Å². The van der Waals surface area contributed by atoms with Crippen LogP contribution >= 0.6 is 0 Å². The average molecular weight is 433 g/mol. The topological polar surface area (TPSA) is 74.3 Å². The van der Waals surface area contributed by atoms with Gasteiger partial charge in [0.15, 0.2) is 23.1 Å². The van der Waals surface area contributed by atoms with E-state index < -0.39 is 12.3 Å². The minimum atomic E-state index is -0.837. The van der Waals surface area contributed by atoms with Crippen molar-refractivity contribution >= 4 is 17.6 Å². The molecule has 6 rings (SSSR count). The maximum atomic E-state index is 13.9. The van der Waals surface area contributed by atoms with Crippen molar-refractivity contribution in [1.29, 1.82) is 0 Å². The van der Waals surface area contributed by atoms with Gasteiger partial charge in [0, 0.05) is 17.7 Å². The summed E-state index contributed by atoms with van der Waals surface area (Å²) in [6.07, 6.45) is 2.83. The lowest BCUT2D eigenvalue weighted by molar-refractivity contribution is -0.164. The van der Waals surface area contributed by atoms with Gasteiger partial charge in [-0.15, -0.1) is 0 Å². The Bertz CT molecular complexity index is 1140. The average Bonchev–Trinajstić information content (AvgIpc) is 3.43. The van der Waals surface area contributed by atoms with E-state index in [0.717, 1.165) is 11.1 Å². The predicted octanol–water partition coefficient (Wildman–Crippen LogP) is 2.85. The van der Waals surface area contributed by atoms with Gasteiger partial charge in [0.05, 0.1) is 44.9 Å². The number of nitrogens with zero attached hydrogens (tertiary/aromatic N) is 1. The minimum absolute atomic E-state index is 0.0748. The quantitative estimate of drug-likeness (QED) is 0.687. The van der Waals surface area contributed by atoms with E-state index in [1.54, 1.807) is 32.4 Å². The van der Waals surface area contributed by atoms with Crippen LogP contribution in [0.15, 0.2) is 48.7 Å². The third kappa shape index (κ3) is 2.61. The number of hydrogen-bond donors (Lipinski definition) is 0. The van der Waals surface area contributed by atoms with Crippen LogP contribution in [-0.2, 0) is 14.3 Å². The van der Waals surface area contributed by atoms with Crippen LogP contribution in [0.3, 0.4) is 0 Å². The van der Waals surface area contributed by atoms with E-state index in [0.29, 0.717) is 23.7 Å². The molecule has 0 radical (unpaired) electrons. The molecule has 2 aromatic rings. The summed E-state index contributed by atoms with van der Waals surface area (Å²) in [6, 6.07) is 12.4. The highest BCUT2D eigenvalue weighted by Gasteiger charge is 2.63. The van der Waals surface area contributed by atoms with Gasteiger partial charge in [-0.25, -0.2) is 0 Å². The zero-order valence-electron chi connectivity index (χ0n) is 17.8. The van der Waals surface area contributed by atoms with Crippen molar-refractivity contribution in [3.05, 3.63) is 65.4 Å². The number of benzene rings is 2. The van der Waals surface area contributed by atoms with Crippen molar-refractivity contribution in [1.82, 2.24) is 4.90 Å². The monoisotopic (exact) mass is 433 g/mol. The lowest BCUT2D eigenvalue weighted by Gasteiger charge is -2.34. The van der Waals surface area contributed by atoms with Gasteiger partial charge < -0.3 is 23.8 Å². The summed E-state index contributed by atoms with van der Waals surface area (Å²) < 4.78 is 22.3. The second-order valence-corrected chi connectivity index (χ2v) is 8.56. The van der Waals surface area contributed by atoms with Gasteiger partial charge in [0.2, 0.25) is 6.29 Å². The number of ketones is 2. The molecule has 3 saturated heterocycles. The smallest absolute Gasteiger partial charge is 0.218 e. The van der Waals surface area contributed by atoms with Crippen LogP contribution in [0.4, 0.5) is 0 Å². The Morgan fingerprint density at radius 3 is 2.72 bits per heavy atom. The maximum Gasteiger partial charge on any atom is 0.218 e. The fourth-order valence-electron chi connectivity index (χ4n) is 5.78. The van der Waals surface area contributed by atoms with Crippen molar-refractivity contribution in [2.45, 2.75) is 24.5 Å². The van der Waals surface area contributed by atoms with Gasteiger partial charge in [-0.05, 0) is 35.4 Å². The molecule has 3 fully saturated rings. The van der Waals surface area contributed by atoms with Gasteiger partial charge >= 0.3 is 0 Å². The lowest BCUT2D eigenvalue weighted by Crippen LogP contribution is -2.48. The van der Waals surface area contributed by atoms with Crippen molar-refractivity contribution in [3.8, 4) is 11.5 Å². The summed E-state index contributed by atoms with van der Waals surface area (Å²) in [7, 11) is 3.10. The summed E-state index contributed by atoms with van der Waals surface area (Å²) in [5, 5.41) is 0. The van der Waals surface area contributed by atoms with Crippen LogP contribution in [0.2, 0.25) is 0 Å². The SMILES string of the molecule is COc1ccc(C(=O)C2[C@H]3C4COC(O4)C(=O)[C@H]3[C@@H]3c4ccccc4C=CN23)cc1OC. The lowest BCUT2D eigenvalue weighted by atomic mass is 9.75. The molecule has 2 aromatic carbocycles. The van der Waals surface area contributed by atoms with Gasteiger partial charge in [-0.3, -0.25) is 9.59 Å². The van der Waals surface area contributed by atoms with E-state index in [-0.39, 0.29) is 35.5 Å². The Labute approximate surface area is 185 Å². The number of carbonyl (C=O) groups is 2. The number of ether oxygens (including phenoxy) is 4. The molecule has 0 saturated carbocycles. The second-order valence-electron chi connectivity index (χ2n) is 8.56. The Morgan fingerprint density at radius 2 is 1.91 bits per heavy atom. The molecule has 32 heavy (non-hydrogen) atoms. The van der Waals surface area contributed by atoms with E-state index in [1.807, 2.05) is 36.5 Å². The number of Topliss-reactive ketones (excluding diaryl/α,β-unsaturated/α-hetero) is 2. The maximum absolute atomic E-state index is 13.9. The number of hydrogen-bond acceptors (Lipinski definition) is 7. The molecule has 0 aliphatic carbocycles. The summed E-state index contributed by atoms with van der Waals surface area (Å²) in [6.45, 7) is 0.319. The molecule has 4 aliphatic rings. The predicted molar refractivity (Wildman–Crippen MR) is 114 cm³/mol. The van der Waals surface area contributed by atoms with Crippen molar-refractivity contribution < 1.29 is 28.5 Å². The first-order chi connectivity index (χ1) is 15.6. The van der Waals surface area contributed by atoms with E-state index in [2.05, 4.69) is 4.90 Å². The number of rotatable bonds is 4. The molecular formula is C25H23NO6. The number of fused-ring (bicyclic) bond motifs is 8. The fraction of sp³-hybridized carbons (Fsp3) is 0.360. The Morgan fingerprint density at radius 1 is 1.09 bits per heavy atom. The first-order valence-electron chi connectivity index (χ1n) is 10.7. The fourth-order valence-corrected chi connectivity index (χ4v) is 5.78. The van der Waals surface area contributed by atoms with E-state index in [4.69, 9.17) is 18.9 Å². The molecule has 0 N–H and O–H groups in total. The largest absolute Gasteiger partial charge is 0.493 e. The molecule has 4 aliphatic heterocycles. The normalized spacial score (nSPS) is 31.7. The molecule has 164 valence electrons. The Hall–Kier alpha value is -3.16. The molecule has 2 bridgehead atoms. The van der Waals surface area contributed by atoms with Gasteiger partial charge in [0.25, 0.3) is 0 Å². The molecule has 6 atom stereocenters. The first-order valence-corrected chi connectivity index (χ1v) is 10.7. The molecule has 7 heteroatoms. The highest BCUT2D eigenvalue weighted by molar-refractivity contribution is 6.02. The highest BCUT2D eigenvalue weighted by Crippen LogP contribution is 2.54. The Balaban J connectivity index is 1.47. The van der Waals surface area contributed by atoms with E-state index >= 15 is 0 Å². The zero-order chi connectivity index (χ0) is 22.0. The molecule has 0 spiro atoms. The van der Waals surface area contributed by atoms with Gasteiger partial charge in [0.1, 0.15) is 0 Å². The van der Waals surface area contributed by atoms with Gasteiger partial charge in [-0.1, -0.05) is 24.3 Å². The highest BCUT2D eigenvalue weighted by atomic mass is 16.7. The van der Waals surface area contributed by atoms with Gasteiger partial charge in [-0.2, -0.15) is 0 Å².